The molecule has 2 aliphatic rings. The number of nitrogens with one attached hydrogen (secondary N) is 1. The first-order valence-electron chi connectivity index (χ1n) is 10.4. The van der Waals surface area contributed by atoms with Crippen LogP contribution in [0.2, 0.25) is 0 Å². The second kappa shape index (κ2) is 8.47. The van der Waals surface area contributed by atoms with Crippen LogP contribution in [-0.4, -0.2) is 62.1 Å². The fraction of sp³-hybridized carbons (Fsp3) is 0.391. The molecule has 2 N–H and O–H groups in total. The van der Waals surface area contributed by atoms with Crippen molar-refractivity contribution in [3.05, 3.63) is 53.0 Å². The number of aliphatic hydroxyl groups excluding tert-OH is 1. The van der Waals surface area contributed by atoms with Gasteiger partial charge in [-0.2, -0.15) is 0 Å². The van der Waals surface area contributed by atoms with Crippen molar-refractivity contribution in [2.24, 2.45) is 0 Å². The highest BCUT2D eigenvalue weighted by Gasteiger charge is 2.47. The van der Waals surface area contributed by atoms with Gasteiger partial charge in [0, 0.05) is 18.5 Å². The Balaban J connectivity index is 1.76. The summed E-state index contributed by atoms with van der Waals surface area (Å²) in [5.74, 6) is 0.577. The van der Waals surface area contributed by atoms with Crippen LogP contribution in [0.25, 0.3) is 5.76 Å². The van der Waals surface area contributed by atoms with Gasteiger partial charge in [0.15, 0.2) is 11.5 Å². The van der Waals surface area contributed by atoms with E-state index in [1.165, 1.54) is 9.80 Å². The molecule has 8 heteroatoms. The Hall–Kier alpha value is -3.26. The van der Waals surface area contributed by atoms with Crippen molar-refractivity contribution in [2.75, 3.05) is 40.4 Å². The molecule has 1 amide bonds. The van der Waals surface area contributed by atoms with Crippen LogP contribution in [0, 0.1) is 6.92 Å². The quantitative estimate of drug-likeness (QED) is 0.410. The number of hydrogen-bond donors (Lipinski definition) is 2. The third-order valence-electron chi connectivity index (χ3n) is 5.46. The number of likely N-dealkylation sites (tertiary alicyclic amines) is 1. The highest BCUT2D eigenvalue weighted by Crippen LogP contribution is 2.41. The third-order valence-corrected chi connectivity index (χ3v) is 5.46. The van der Waals surface area contributed by atoms with Gasteiger partial charge in [-0.1, -0.05) is 0 Å². The van der Waals surface area contributed by atoms with Crippen LogP contribution < -0.4 is 14.4 Å². The van der Waals surface area contributed by atoms with Crippen LogP contribution in [0.5, 0.6) is 11.5 Å². The first kappa shape index (κ1) is 21.0. The SMILES string of the molecule is Cc1ccc([C@@H]2C(=C(O)c3ccc4c(c3)OCCO4)C(=O)C(=O)N2CCC[NH+](C)C)o1. The molecule has 3 heterocycles. The van der Waals surface area contributed by atoms with E-state index in [4.69, 9.17) is 13.9 Å². The topological polar surface area (TPSA) is 93.6 Å². The lowest BCUT2D eigenvalue weighted by Crippen LogP contribution is -3.05. The van der Waals surface area contributed by atoms with Gasteiger partial charge in [-0.05, 0) is 37.3 Å². The number of ketones is 1. The van der Waals surface area contributed by atoms with Gasteiger partial charge in [0.2, 0.25) is 0 Å². The van der Waals surface area contributed by atoms with E-state index in [2.05, 4.69) is 0 Å². The zero-order chi connectivity index (χ0) is 22.1. The molecule has 1 atom stereocenters. The van der Waals surface area contributed by atoms with Gasteiger partial charge in [0.25, 0.3) is 11.7 Å². The highest BCUT2D eigenvalue weighted by atomic mass is 16.6. The number of furan rings is 1. The molecular weight excluding hydrogens is 400 g/mol. The number of rotatable bonds is 6. The number of nitrogens with zero attached hydrogens (tertiary/aromatic N) is 1. The second-order valence-electron chi connectivity index (χ2n) is 8.11. The van der Waals surface area contributed by atoms with Crippen LogP contribution in [0.4, 0.5) is 0 Å². The lowest BCUT2D eigenvalue weighted by molar-refractivity contribution is -0.858. The first-order valence-corrected chi connectivity index (χ1v) is 10.4. The Morgan fingerprint density at radius 1 is 1.13 bits per heavy atom. The highest BCUT2D eigenvalue weighted by molar-refractivity contribution is 6.46. The fourth-order valence-corrected chi connectivity index (χ4v) is 3.96. The molecule has 4 rings (SSSR count). The molecule has 0 radical (unpaired) electrons. The molecule has 8 nitrogen and oxygen atoms in total. The minimum Gasteiger partial charge on any atom is -0.507 e. The monoisotopic (exact) mass is 427 g/mol. The number of Topliss-reactive ketones (excluding diaryl/α,β-unsaturated/α-hetero) is 1. The average molecular weight is 427 g/mol. The number of fused-ring (bicyclic) bond motifs is 1. The van der Waals surface area contributed by atoms with Crippen molar-refractivity contribution in [3.63, 3.8) is 0 Å². The molecule has 1 aromatic carbocycles. The average Bonchev–Trinajstić information content (AvgIpc) is 3.28. The number of benzene rings is 1. The maximum absolute atomic E-state index is 13.0. The summed E-state index contributed by atoms with van der Waals surface area (Å²) in [6.07, 6.45) is 0.718. The van der Waals surface area contributed by atoms with E-state index in [0.717, 1.165) is 13.0 Å². The second-order valence-corrected chi connectivity index (χ2v) is 8.11. The number of aliphatic hydroxyl groups is 1. The summed E-state index contributed by atoms with van der Waals surface area (Å²) in [7, 11) is 4.06. The molecule has 0 unspecified atom stereocenters. The summed E-state index contributed by atoms with van der Waals surface area (Å²) in [5, 5.41) is 11.1. The predicted octanol–water partition coefficient (Wildman–Crippen LogP) is 1.32. The third kappa shape index (κ3) is 4.03. The standard InChI is InChI=1S/C23H26N2O6/c1-14-5-7-17(31-14)20-19(22(27)23(28)25(20)10-4-9-24(2)3)21(26)15-6-8-16-18(13-15)30-12-11-29-16/h5-8,13,20,26H,4,9-12H2,1-3H3/p+1/t20-/m1/s1. The van der Waals surface area contributed by atoms with Gasteiger partial charge in [0.1, 0.15) is 36.5 Å². The number of quaternary nitrogens is 1. The smallest absolute Gasteiger partial charge is 0.295 e. The van der Waals surface area contributed by atoms with E-state index in [-0.39, 0.29) is 11.3 Å². The number of carbonyl (C=O) groups is 2. The van der Waals surface area contributed by atoms with E-state index in [9.17, 15) is 14.7 Å². The lowest BCUT2D eigenvalue weighted by Gasteiger charge is -2.23. The number of carbonyl (C=O) groups excluding carboxylic acids is 2. The molecule has 0 saturated carbocycles. The molecule has 1 saturated heterocycles. The van der Waals surface area contributed by atoms with E-state index >= 15 is 0 Å². The number of hydrogen-bond acceptors (Lipinski definition) is 6. The van der Waals surface area contributed by atoms with Crippen LogP contribution in [-0.2, 0) is 9.59 Å². The Morgan fingerprint density at radius 2 is 1.87 bits per heavy atom. The minimum absolute atomic E-state index is 0.0215. The molecule has 1 fully saturated rings. The van der Waals surface area contributed by atoms with Gasteiger partial charge in [0.05, 0.1) is 26.2 Å². The number of aryl methyl sites for hydroxylation is 1. The zero-order valence-electron chi connectivity index (χ0n) is 17.9. The summed E-state index contributed by atoms with van der Waals surface area (Å²) in [6.45, 7) is 3.89. The summed E-state index contributed by atoms with van der Waals surface area (Å²) >= 11 is 0. The maximum Gasteiger partial charge on any atom is 0.295 e. The fourth-order valence-electron chi connectivity index (χ4n) is 3.96. The Bertz CT molecular complexity index is 1040. The van der Waals surface area contributed by atoms with Crippen molar-refractivity contribution in [3.8, 4) is 11.5 Å². The molecule has 0 bridgehead atoms. The van der Waals surface area contributed by atoms with Gasteiger partial charge in [-0.3, -0.25) is 9.59 Å². The van der Waals surface area contributed by atoms with Crippen LogP contribution in [0.3, 0.4) is 0 Å². The lowest BCUT2D eigenvalue weighted by atomic mass is 9.99. The van der Waals surface area contributed by atoms with E-state index in [1.54, 1.807) is 37.3 Å². The van der Waals surface area contributed by atoms with E-state index in [0.29, 0.717) is 48.3 Å². The van der Waals surface area contributed by atoms with Crippen molar-refractivity contribution < 1.29 is 33.5 Å². The van der Waals surface area contributed by atoms with Gasteiger partial charge >= 0.3 is 0 Å². The van der Waals surface area contributed by atoms with Crippen molar-refractivity contribution in [2.45, 2.75) is 19.4 Å². The molecular formula is C23H27N2O6+. The Labute approximate surface area is 180 Å². The van der Waals surface area contributed by atoms with Gasteiger partial charge < -0.3 is 28.8 Å². The summed E-state index contributed by atoms with van der Waals surface area (Å²) in [5.41, 5.74) is 0.404. The molecule has 164 valence electrons. The zero-order valence-corrected chi connectivity index (χ0v) is 17.9. The number of amides is 1. The van der Waals surface area contributed by atoms with Crippen molar-refractivity contribution in [1.82, 2.24) is 4.90 Å². The predicted molar refractivity (Wildman–Crippen MR) is 112 cm³/mol. The molecule has 1 aromatic heterocycles. The summed E-state index contributed by atoms with van der Waals surface area (Å²) < 4.78 is 16.9. The van der Waals surface area contributed by atoms with E-state index in [1.807, 2.05) is 14.1 Å². The van der Waals surface area contributed by atoms with Crippen molar-refractivity contribution >= 4 is 17.4 Å². The van der Waals surface area contributed by atoms with Gasteiger partial charge in [-0.15, -0.1) is 0 Å². The van der Waals surface area contributed by atoms with Crippen LogP contribution in [0.15, 0.2) is 40.3 Å². The first-order chi connectivity index (χ1) is 14.9. The largest absolute Gasteiger partial charge is 0.507 e. The summed E-state index contributed by atoms with van der Waals surface area (Å²) in [6, 6.07) is 7.70. The molecule has 0 spiro atoms. The molecule has 2 aromatic rings. The van der Waals surface area contributed by atoms with Crippen LogP contribution >= 0.6 is 0 Å². The Kier molecular flexibility index (Phi) is 5.73. The summed E-state index contributed by atoms with van der Waals surface area (Å²) in [4.78, 5) is 28.6. The van der Waals surface area contributed by atoms with Crippen LogP contribution in [0.1, 0.15) is 29.5 Å². The van der Waals surface area contributed by atoms with Crippen molar-refractivity contribution in [1.29, 1.82) is 0 Å². The molecule has 2 aliphatic heterocycles. The number of ether oxygens (including phenoxy) is 2. The molecule has 0 aliphatic carbocycles. The maximum atomic E-state index is 13.0. The molecule has 31 heavy (non-hydrogen) atoms. The minimum atomic E-state index is -0.779. The normalized spacial score (nSPS) is 20.0. The van der Waals surface area contributed by atoms with E-state index < -0.39 is 17.7 Å². The Morgan fingerprint density at radius 3 is 2.55 bits per heavy atom. The van der Waals surface area contributed by atoms with Gasteiger partial charge in [-0.25, -0.2) is 0 Å².